The number of likely N-dealkylation sites (tertiary alicyclic amines) is 1. The van der Waals surface area contributed by atoms with Gasteiger partial charge in [-0.2, -0.15) is 0 Å². The normalized spacial score (nSPS) is 19.4. The molecule has 1 aliphatic heterocycles. The van der Waals surface area contributed by atoms with Crippen molar-refractivity contribution in [1.82, 2.24) is 4.90 Å². The molecule has 26 heavy (non-hydrogen) atoms. The number of aliphatic hydroxyl groups is 1. The van der Waals surface area contributed by atoms with E-state index in [2.05, 4.69) is 0 Å². The summed E-state index contributed by atoms with van der Waals surface area (Å²) in [5, 5.41) is 10.8. The molecule has 0 aliphatic carbocycles. The van der Waals surface area contributed by atoms with E-state index < -0.39 is 17.7 Å². The van der Waals surface area contributed by atoms with Gasteiger partial charge in [0.05, 0.1) is 11.6 Å². The van der Waals surface area contributed by atoms with Crippen molar-refractivity contribution in [2.75, 3.05) is 6.54 Å². The molecule has 0 radical (unpaired) electrons. The lowest BCUT2D eigenvalue weighted by Gasteiger charge is -2.27. The molecule has 0 saturated carbocycles. The first-order chi connectivity index (χ1) is 12.4. The second-order valence-electron chi connectivity index (χ2n) is 7.12. The Hall–Kier alpha value is -2.88. The monoisotopic (exact) mass is 349 g/mol. The molecule has 1 heterocycles. The van der Waals surface area contributed by atoms with Crippen molar-refractivity contribution < 1.29 is 14.7 Å². The summed E-state index contributed by atoms with van der Waals surface area (Å²) in [5.41, 5.74) is 2.61. The van der Waals surface area contributed by atoms with Crippen molar-refractivity contribution in [1.29, 1.82) is 0 Å². The Morgan fingerprint density at radius 1 is 1.04 bits per heavy atom. The van der Waals surface area contributed by atoms with Crippen molar-refractivity contribution in [3.63, 3.8) is 0 Å². The van der Waals surface area contributed by atoms with E-state index in [4.69, 9.17) is 0 Å². The number of aliphatic hydroxyl groups excluding tert-OH is 1. The van der Waals surface area contributed by atoms with Crippen LogP contribution in [0.15, 0.2) is 60.2 Å². The van der Waals surface area contributed by atoms with Gasteiger partial charge in [0.1, 0.15) is 5.76 Å². The van der Waals surface area contributed by atoms with Crippen molar-refractivity contribution in [3.8, 4) is 0 Å². The predicted octanol–water partition coefficient (Wildman–Crippen LogP) is 4.07. The van der Waals surface area contributed by atoms with Gasteiger partial charge in [-0.3, -0.25) is 9.59 Å². The van der Waals surface area contributed by atoms with Gasteiger partial charge in [0.2, 0.25) is 0 Å². The summed E-state index contributed by atoms with van der Waals surface area (Å²) in [4.78, 5) is 27.0. The van der Waals surface area contributed by atoms with Gasteiger partial charge in [-0.25, -0.2) is 0 Å². The first kappa shape index (κ1) is 17.9. The lowest BCUT2D eigenvalue weighted by Crippen LogP contribution is -2.33. The highest BCUT2D eigenvalue weighted by Crippen LogP contribution is 2.39. The van der Waals surface area contributed by atoms with Crippen LogP contribution in [0.4, 0.5) is 0 Å². The van der Waals surface area contributed by atoms with Crippen LogP contribution in [0, 0.1) is 12.8 Å². The Bertz CT molecular complexity index is 851. The van der Waals surface area contributed by atoms with Gasteiger partial charge >= 0.3 is 0 Å². The minimum absolute atomic E-state index is 0.124. The Balaban J connectivity index is 2.18. The topological polar surface area (TPSA) is 57.6 Å². The number of ketones is 1. The molecule has 134 valence electrons. The molecule has 2 aromatic carbocycles. The molecule has 1 atom stereocenters. The van der Waals surface area contributed by atoms with Gasteiger partial charge in [0.25, 0.3) is 11.7 Å². The van der Waals surface area contributed by atoms with Gasteiger partial charge in [0, 0.05) is 12.1 Å². The largest absolute Gasteiger partial charge is 0.507 e. The summed E-state index contributed by atoms with van der Waals surface area (Å²) in [6.07, 6.45) is 0. The van der Waals surface area contributed by atoms with Crippen molar-refractivity contribution in [3.05, 3.63) is 76.9 Å². The third-order valence-corrected chi connectivity index (χ3v) is 4.54. The maximum atomic E-state index is 12.8. The highest BCUT2D eigenvalue weighted by Gasteiger charge is 2.46. The van der Waals surface area contributed by atoms with Crippen molar-refractivity contribution >= 4 is 17.4 Å². The van der Waals surface area contributed by atoms with Gasteiger partial charge in [0.15, 0.2) is 0 Å². The second-order valence-corrected chi connectivity index (χ2v) is 7.12. The maximum absolute atomic E-state index is 12.8. The molecule has 1 amide bonds. The molecule has 0 bridgehead atoms. The lowest BCUT2D eigenvalue weighted by atomic mass is 9.94. The molecule has 2 aromatic rings. The number of hydrogen-bond acceptors (Lipinski definition) is 3. The summed E-state index contributed by atoms with van der Waals surface area (Å²) >= 11 is 0. The fourth-order valence-electron chi connectivity index (χ4n) is 3.31. The molecule has 0 spiro atoms. The number of carbonyl (C=O) groups is 2. The summed E-state index contributed by atoms with van der Waals surface area (Å²) < 4.78 is 0. The van der Waals surface area contributed by atoms with Crippen molar-refractivity contribution in [2.45, 2.75) is 26.8 Å². The highest BCUT2D eigenvalue weighted by molar-refractivity contribution is 6.46. The molecule has 1 fully saturated rings. The van der Waals surface area contributed by atoms with E-state index in [1.165, 1.54) is 0 Å². The summed E-state index contributed by atoms with van der Waals surface area (Å²) in [6.45, 7) is 6.44. The first-order valence-electron chi connectivity index (χ1n) is 8.80. The van der Waals surface area contributed by atoms with E-state index in [1.54, 1.807) is 29.2 Å². The number of Topliss-reactive ketones (excluding diaryl/α,β-unsaturated/α-hetero) is 1. The number of rotatable bonds is 4. The number of nitrogens with zero attached hydrogens (tertiary/aromatic N) is 1. The van der Waals surface area contributed by atoms with Crippen LogP contribution >= 0.6 is 0 Å². The highest BCUT2D eigenvalue weighted by atomic mass is 16.3. The first-order valence-corrected chi connectivity index (χ1v) is 8.80. The molecule has 1 unspecified atom stereocenters. The Morgan fingerprint density at radius 2 is 1.65 bits per heavy atom. The summed E-state index contributed by atoms with van der Waals surface area (Å²) in [6, 6.07) is 16.1. The number of hydrogen-bond donors (Lipinski definition) is 1. The van der Waals surface area contributed by atoms with Gasteiger partial charge in [-0.15, -0.1) is 0 Å². The fraction of sp³-hybridized carbons (Fsp3) is 0.273. The summed E-state index contributed by atoms with van der Waals surface area (Å²) in [7, 11) is 0. The third kappa shape index (κ3) is 3.27. The average molecular weight is 349 g/mol. The zero-order valence-electron chi connectivity index (χ0n) is 15.3. The smallest absolute Gasteiger partial charge is 0.295 e. The Morgan fingerprint density at radius 3 is 2.23 bits per heavy atom. The molecule has 4 nitrogen and oxygen atoms in total. The molecular weight excluding hydrogens is 326 g/mol. The van der Waals surface area contributed by atoms with Gasteiger partial charge in [-0.1, -0.05) is 74.0 Å². The van der Waals surface area contributed by atoms with E-state index in [-0.39, 0.29) is 17.3 Å². The molecule has 3 rings (SSSR count). The van der Waals surface area contributed by atoms with E-state index in [1.807, 2.05) is 51.1 Å². The second kappa shape index (κ2) is 7.16. The molecular formula is C22H23NO3. The number of amides is 1. The van der Waals surface area contributed by atoms with Crippen LogP contribution in [-0.2, 0) is 9.59 Å². The average Bonchev–Trinajstić information content (AvgIpc) is 2.87. The third-order valence-electron chi connectivity index (χ3n) is 4.54. The molecule has 0 aromatic heterocycles. The number of benzene rings is 2. The molecule has 1 N–H and O–H groups in total. The van der Waals surface area contributed by atoms with E-state index in [0.717, 1.165) is 11.1 Å². The minimum Gasteiger partial charge on any atom is -0.507 e. The van der Waals surface area contributed by atoms with E-state index >= 15 is 0 Å². The summed E-state index contributed by atoms with van der Waals surface area (Å²) in [5.74, 6) is -1.10. The van der Waals surface area contributed by atoms with Crippen LogP contribution in [0.2, 0.25) is 0 Å². The van der Waals surface area contributed by atoms with Gasteiger partial charge in [-0.05, 0) is 18.4 Å². The zero-order chi connectivity index (χ0) is 18.8. The molecule has 1 aliphatic rings. The lowest BCUT2D eigenvalue weighted by molar-refractivity contribution is -0.140. The van der Waals surface area contributed by atoms with E-state index in [0.29, 0.717) is 12.1 Å². The molecule has 1 saturated heterocycles. The quantitative estimate of drug-likeness (QED) is 0.514. The van der Waals surface area contributed by atoms with Crippen LogP contribution in [0.25, 0.3) is 5.76 Å². The maximum Gasteiger partial charge on any atom is 0.295 e. The van der Waals surface area contributed by atoms with Crippen LogP contribution in [0.5, 0.6) is 0 Å². The Kier molecular flexibility index (Phi) is 4.94. The number of carbonyl (C=O) groups excluding carboxylic acids is 2. The van der Waals surface area contributed by atoms with Gasteiger partial charge < -0.3 is 10.0 Å². The standard InChI is InChI=1S/C22H23NO3/c1-14(2)13-23-19(16-11-9-15(3)10-12-16)18(21(25)22(23)26)20(24)17-7-5-4-6-8-17/h4-12,14,19,24H,13H2,1-3H3/b20-18+. The van der Waals surface area contributed by atoms with Crippen LogP contribution < -0.4 is 0 Å². The van der Waals surface area contributed by atoms with E-state index in [9.17, 15) is 14.7 Å². The zero-order valence-corrected chi connectivity index (χ0v) is 15.3. The SMILES string of the molecule is Cc1ccc(C2/C(=C(\O)c3ccccc3)C(=O)C(=O)N2CC(C)C)cc1. The fourth-order valence-corrected chi connectivity index (χ4v) is 3.31. The van der Waals surface area contributed by atoms with Crippen LogP contribution in [0.3, 0.4) is 0 Å². The van der Waals surface area contributed by atoms with Crippen molar-refractivity contribution in [2.24, 2.45) is 5.92 Å². The predicted molar refractivity (Wildman–Crippen MR) is 101 cm³/mol. The molecule has 4 heteroatoms. The van der Waals surface area contributed by atoms with Crippen LogP contribution in [-0.4, -0.2) is 28.2 Å². The number of aryl methyl sites for hydroxylation is 1. The van der Waals surface area contributed by atoms with Crippen LogP contribution in [0.1, 0.15) is 36.6 Å². The Labute approximate surface area is 153 Å². The minimum atomic E-state index is -0.627.